The molecule has 0 saturated carbocycles. The average Bonchev–Trinajstić information content (AvgIpc) is 2.44. The number of aromatic nitrogens is 1. The predicted octanol–water partition coefficient (Wildman–Crippen LogP) is 3.15. The quantitative estimate of drug-likeness (QED) is 0.894. The highest BCUT2D eigenvalue weighted by atomic mass is 16.1. The van der Waals surface area contributed by atoms with Crippen LogP contribution in [0.3, 0.4) is 0 Å². The van der Waals surface area contributed by atoms with Crippen molar-refractivity contribution >= 4 is 16.8 Å². The standard InChI is InChI=1S/C15H18N2O/c1-3-13(4-2)17-15(18)12-9-11-7-5-6-8-14(11)16-10-12/h5-10,13H,3-4H2,1-2H3,(H,17,18). The van der Waals surface area contributed by atoms with E-state index in [1.165, 1.54) is 0 Å². The fraction of sp³-hybridized carbons (Fsp3) is 0.333. The molecule has 0 bridgehead atoms. The fourth-order valence-corrected chi connectivity index (χ4v) is 1.96. The summed E-state index contributed by atoms with van der Waals surface area (Å²) in [5.74, 6) is -0.0399. The summed E-state index contributed by atoms with van der Waals surface area (Å²) in [5.41, 5.74) is 1.54. The normalized spacial score (nSPS) is 10.8. The third-order valence-electron chi connectivity index (χ3n) is 3.17. The third kappa shape index (κ3) is 2.67. The van der Waals surface area contributed by atoms with Crippen LogP contribution in [-0.4, -0.2) is 16.9 Å². The van der Waals surface area contributed by atoms with E-state index >= 15 is 0 Å². The van der Waals surface area contributed by atoms with Gasteiger partial charge in [-0.15, -0.1) is 0 Å². The minimum atomic E-state index is -0.0399. The van der Waals surface area contributed by atoms with Gasteiger partial charge in [-0.2, -0.15) is 0 Å². The van der Waals surface area contributed by atoms with Crippen LogP contribution in [0, 0.1) is 0 Å². The molecule has 0 aliphatic carbocycles. The lowest BCUT2D eigenvalue weighted by molar-refractivity contribution is 0.0934. The maximum atomic E-state index is 12.1. The van der Waals surface area contributed by atoms with Crippen molar-refractivity contribution in [1.29, 1.82) is 0 Å². The van der Waals surface area contributed by atoms with Crippen LogP contribution in [0.25, 0.3) is 10.9 Å². The molecule has 0 atom stereocenters. The van der Waals surface area contributed by atoms with E-state index in [9.17, 15) is 4.79 Å². The molecule has 2 aromatic rings. The fourth-order valence-electron chi connectivity index (χ4n) is 1.96. The highest BCUT2D eigenvalue weighted by Gasteiger charge is 2.11. The monoisotopic (exact) mass is 242 g/mol. The molecule has 0 saturated heterocycles. The van der Waals surface area contributed by atoms with Crippen molar-refractivity contribution < 1.29 is 4.79 Å². The van der Waals surface area contributed by atoms with Crippen LogP contribution >= 0.6 is 0 Å². The number of para-hydroxylation sites is 1. The Kier molecular flexibility index (Phi) is 3.92. The molecule has 0 aliphatic heterocycles. The number of hydrogen-bond acceptors (Lipinski definition) is 2. The molecular formula is C15H18N2O. The van der Waals surface area contributed by atoms with Crippen molar-refractivity contribution in [2.24, 2.45) is 0 Å². The number of amides is 1. The molecule has 1 heterocycles. The van der Waals surface area contributed by atoms with Gasteiger partial charge in [0, 0.05) is 17.6 Å². The first-order valence-electron chi connectivity index (χ1n) is 6.40. The summed E-state index contributed by atoms with van der Waals surface area (Å²) < 4.78 is 0. The van der Waals surface area contributed by atoms with Crippen LogP contribution in [0.15, 0.2) is 36.5 Å². The molecule has 1 amide bonds. The minimum Gasteiger partial charge on any atom is -0.349 e. The zero-order valence-electron chi connectivity index (χ0n) is 10.8. The summed E-state index contributed by atoms with van der Waals surface area (Å²) >= 11 is 0. The van der Waals surface area contributed by atoms with Gasteiger partial charge >= 0.3 is 0 Å². The van der Waals surface area contributed by atoms with Gasteiger partial charge in [-0.3, -0.25) is 9.78 Å². The van der Waals surface area contributed by atoms with Crippen LogP contribution in [0.1, 0.15) is 37.0 Å². The maximum absolute atomic E-state index is 12.1. The van der Waals surface area contributed by atoms with Gasteiger partial charge in [0.05, 0.1) is 11.1 Å². The van der Waals surface area contributed by atoms with Gasteiger partial charge in [0.2, 0.25) is 0 Å². The summed E-state index contributed by atoms with van der Waals surface area (Å²) in [6.45, 7) is 4.15. The lowest BCUT2D eigenvalue weighted by Gasteiger charge is -2.14. The Labute approximate surface area is 107 Å². The van der Waals surface area contributed by atoms with Crippen LogP contribution < -0.4 is 5.32 Å². The van der Waals surface area contributed by atoms with Crippen molar-refractivity contribution in [2.45, 2.75) is 32.7 Å². The van der Waals surface area contributed by atoms with Gasteiger partial charge < -0.3 is 5.32 Å². The molecule has 0 radical (unpaired) electrons. The predicted molar refractivity (Wildman–Crippen MR) is 73.6 cm³/mol. The Morgan fingerprint density at radius 2 is 2.00 bits per heavy atom. The Balaban J connectivity index is 2.22. The molecule has 94 valence electrons. The lowest BCUT2D eigenvalue weighted by atomic mass is 10.1. The summed E-state index contributed by atoms with van der Waals surface area (Å²) in [6.07, 6.45) is 3.53. The van der Waals surface area contributed by atoms with Gasteiger partial charge in [0.1, 0.15) is 0 Å². The Morgan fingerprint density at radius 1 is 1.28 bits per heavy atom. The van der Waals surface area contributed by atoms with E-state index in [1.54, 1.807) is 6.20 Å². The largest absolute Gasteiger partial charge is 0.349 e. The second-order valence-electron chi connectivity index (χ2n) is 4.40. The second-order valence-corrected chi connectivity index (χ2v) is 4.40. The van der Waals surface area contributed by atoms with E-state index in [0.29, 0.717) is 5.56 Å². The molecular weight excluding hydrogens is 224 g/mol. The number of nitrogens with one attached hydrogen (secondary N) is 1. The molecule has 0 aliphatic rings. The molecule has 3 nitrogen and oxygen atoms in total. The van der Waals surface area contributed by atoms with E-state index in [-0.39, 0.29) is 11.9 Å². The van der Waals surface area contributed by atoms with Crippen LogP contribution in [-0.2, 0) is 0 Å². The maximum Gasteiger partial charge on any atom is 0.253 e. The van der Waals surface area contributed by atoms with E-state index in [2.05, 4.69) is 24.1 Å². The zero-order chi connectivity index (χ0) is 13.0. The molecule has 0 spiro atoms. The van der Waals surface area contributed by atoms with Gasteiger partial charge in [-0.1, -0.05) is 32.0 Å². The first kappa shape index (κ1) is 12.6. The van der Waals surface area contributed by atoms with Crippen LogP contribution in [0.5, 0.6) is 0 Å². The SMILES string of the molecule is CCC(CC)NC(=O)c1cnc2ccccc2c1. The van der Waals surface area contributed by atoms with Gasteiger partial charge in [0.15, 0.2) is 0 Å². The van der Waals surface area contributed by atoms with Gasteiger partial charge in [0.25, 0.3) is 5.91 Å². The molecule has 18 heavy (non-hydrogen) atoms. The van der Waals surface area contributed by atoms with Crippen molar-refractivity contribution in [1.82, 2.24) is 10.3 Å². The van der Waals surface area contributed by atoms with Crippen molar-refractivity contribution in [3.8, 4) is 0 Å². The molecule has 1 N–H and O–H groups in total. The van der Waals surface area contributed by atoms with Gasteiger partial charge in [-0.25, -0.2) is 0 Å². The average molecular weight is 242 g/mol. The van der Waals surface area contributed by atoms with Gasteiger partial charge in [-0.05, 0) is 25.0 Å². The van der Waals surface area contributed by atoms with E-state index in [1.807, 2.05) is 30.3 Å². The number of carbonyl (C=O) groups is 1. The second kappa shape index (κ2) is 5.63. The number of rotatable bonds is 4. The summed E-state index contributed by atoms with van der Waals surface area (Å²) in [5, 5.41) is 4.01. The van der Waals surface area contributed by atoms with Crippen LogP contribution in [0.2, 0.25) is 0 Å². The molecule has 2 rings (SSSR count). The van der Waals surface area contributed by atoms with Crippen LogP contribution in [0.4, 0.5) is 0 Å². The topological polar surface area (TPSA) is 42.0 Å². The van der Waals surface area contributed by atoms with E-state index in [0.717, 1.165) is 23.7 Å². The highest BCUT2D eigenvalue weighted by molar-refractivity contribution is 5.97. The smallest absolute Gasteiger partial charge is 0.253 e. The number of hydrogen-bond donors (Lipinski definition) is 1. The van der Waals surface area contributed by atoms with Crippen molar-refractivity contribution in [3.63, 3.8) is 0 Å². The first-order chi connectivity index (χ1) is 8.74. The molecule has 0 unspecified atom stereocenters. The lowest BCUT2D eigenvalue weighted by Crippen LogP contribution is -2.33. The third-order valence-corrected chi connectivity index (χ3v) is 3.17. The molecule has 3 heteroatoms. The van der Waals surface area contributed by atoms with Crippen molar-refractivity contribution in [2.75, 3.05) is 0 Å². The number of nitrogens with zero attached hydrogens (tertiary/aromatic N) is 1. The highest BCUT2D eigenvalue weighted by Crippen LogP contribution is 2.13. The number of benzene rings is 1. The minimum absolute atomic E-state index is 0.0399. The van der Waals surface area contributed by atoms with E-state index < -0.39 is 0 Å². The number of carbonyl (C=O) groups excluding carboxylic acids is 1. The summed E-state index contributed by atoms with van der Waals surface area (Å²) in [7, 11) is 0. The Morgan fingerprint density at radius 3 is 2.72 bits per heavy atom. The Hall–Kier alpha value is -1.90. The summed E-state index contributed by atoms with van der Waals surface area (Å²) in [4.78, 5) is 16.4. The van der Waals surface area contributed by atoms with Crippen molar-refractivity contribution in [3.05, 3.63) is 42.1 Å². The molecule has 1 aromatic carbocycles. The molecule has 1 aromatic heterocycles. The molecule has 0 fully saturated rings. The van der Waals surface area contributed by atoms with E-state index in [4.69, 9.17) is 0 Å². The summed E-state index contributed by atoms with van der Waals surface area (Å²) in [6, 6.07) is 9.93. The number of fused-ring (bicyclic) bond motifs is 1. The first-order valence-corrected chi connectivity index (χ1v) is 6.40. The Bertz CT molecular complexity index is 547. The zero-order valence-corrected chi connectivity index (χ0v) is 10.8. The number of pyridine rings is 1.